The Kier molecular flexibility index (Phi) is 8.78. The van der Waals surface area contributed by atoms with Crippen LogP contribution in [0, 0.1) is 0 Å². The van der Waals surface area contributed by atoms with Crippen LogP contribution in [0.1, 0.15) is 27.7 Å². The van der Waals surface area contributed by atoms with Crippen LogP contribution in [0.15, 0.2) is 0 Å². The second-order valence-electron chi connectivity index (χ2n) is 3.69. The largest absolute Gasteiger partial charge is 0.448 e. The highest BCUT2D eigenvalue weighted by Crippen LogP contribution is 1.93. The van der Waals surface area contributed by atoms with Crippen LogP contribution in [0.25, 0.3) is 0 Å². The molecule has 0 fully saturated rings. The number of urea groups is 1. The van der Waals surface area contributed by atoms with E-state index in [4.69, 9.17) is 4.74 Å². The second-order valence-corrected chi connectivity index (χ2v) is 3.69. The van der Waals surface area contributed by atoms with Gasteiger partial charge in [-0.1, -0.05) is 0 Å². The van der Waals surface area contributed by atoms with Gasteiger partial charge in [0.15, 0.2) is 0 Å². The summed E-state index contributed by atoms with van der Waals surface area (Å²) < 4.78 is 5.04. The fourth-order valence-corrected chi connectivity index (χ4v) is 1.49. The van der Waals surface area contributed by atoms with E-state index in [0.717, 1.165) is 0 Å². The van der Waals surface area contributed by atoms with Gasteiger partial charge in [-0.05, 0) is 27.7 Å². The van der Waals surface area contributed by atoms with E-state index in [0.29, 0.717) is 32.7 Å². The van der Waals surface area contributed by atoms with Crippen molar-refractivity contribution in [3.8, 4) is 0 Å². The van der Waals surface area contributed by atoms with Gasteiger partial charge >= 0.3 is 12.1 Å². The second kappa shape index (κ2) is 9.56. The summed E-state index contributed by atoms with van der Waals surface area (Å²) in [6.07, 6.45) is -0.336. The number of nitrogens with one attached hydrogen (secondary N) is 1. The molecule has 0 aromatic heterocycles. The summed E-state index contributed by atoms with van der Waals surface area (Å²) in [7, 11) is 0. The monoisotopic (exact) mass is 259 g/mol. The number of carbonyl (C=O) groups is 2. The van der Waals surface area contributed by atoms with Crippen LogP contribution in [-0.2, 0) is 4.74 Å². The van der Waals surface area contributed by atoms with Crippen molar-refractivity contribution < 1.29 is 14.3 Å². The molecule has 18 heavy (non-hydrogen) atoms. The lowest BCUT2D eigenvalue weighted by Gasteiger charge is -2.20. The van der Waals surface area contributed by atoms with Crippen LogP contribution in [0.4, 0.5) is 9.59 Å². The number of carbonyl (C=O) groups excluding carboxylic acids is 2. The van der Waals surface area contributed by atoms with E-state index < -0.39 is 0 Å². The SMILES string of the molecule is CCN(CC)C(=O)NCCOC(=O)N(CC)CC. The van der Waals surface area contributed by atoms with Crippen molar-refractivity contribution in [1.82, 2.24) is 15.1 Å². The molecule has 0 unspecified atom stereocenters. The van der Waals surface area contributed by atoms with Crippen LogP contribution >= 0.6 is 0 Å². The van der Waals surface area contributed by atoms with Gasteiger partial charge in [0, 0.05) is 26.2 Å². The maximum Gasteiger partial charge on any atom is 0.409 e. The van der Waals surface area contributed by atoms with Crippen LogP contribution in [0.5, 0.6) is 0 Å². The highest BCUT2D eigenvalue weighted by Gasteiger charge is 2.11. The van der Waals surface area contributed by atoms with Crippen LogP contribution < -0.4 is 5.32 Å². The summed E-state index contributed by atoms with van der Waals surface area (Å²) in [6, 6.07) is -0.126. The molecule has 106 valence electrons. The Bertz CT molecular complexity index is 225. The first-order valence-corrected chi connectivity index (χ1v) is 6.55. The van der Waals surface area contributed by atoms with Gasteiger partial charge in [0.1, 0.15) is 6.61 Å². The third-order valence-electron chi connectivity index (χ3n) is 2.68. The molecular formula is C12H25N3O3. The van der Waals surface area contributed by atoms with Crippen molar-refractivity contribution in [2.75, 3.05) is 39.3 Å². The molecule has 0 saturated heterocycles. The first-order valence-electron chi connectivity index (χ1n) is 6.55. The normalized spacial score (nSPS) is 9.78. The molecule has 0 bridgehead atoms. The lowest BCUT2D eigenvalue weighted by atomic mass is 10.5. The summed E-state index contributed by atoms with van der Waals surface area (Å²) in [5, 5.41) is 2.71. The van der Waals surface area contributed by atoms with Gasteiger partial charge in [0.05, 0.1) is 6.54 Å². The molecular weight excluding hydrogens is 234 g/mol. The van der Waals surface area contributed by atoms with E-state index in [9.17, 15) is 9.59 Å². The Labute approximate surface area is 109 Å². The molecule has 0 aliphatic carbocycles. The van der Waals surface area contributed by atoms with Crippen molar-refractivity contribution in [2.24, 2.45) is 0 Å². The first-order chi connectivity index (χ1) is 8.60. The van der Waals surface area contributed by atoms with E-state index >= 15 is 0 Å². The van der Waals surface area contributed by atoms with Gasteiger partial charge in [-0.3, -0.25) is 0 Å². The Morgan fingerprint density at radius 2 is 1.44 bits per heavy atom. The molecule has 0 aliphatic heterocycles. The molecule has 0 rings (SSSR count). The maximum absolute atomic E-state index is 11.6. The molecule has 0 atom stereocenters. The highest BCUT2D eigenvalue weighted by molar-refractivity contribution is 5.74. The summed E-state index contributed by atoms with van der Waals surface area (Å²) in [5.74, 6) is 0. The van der Waals surface area contributed by atoms with Crippen molar-refractivity contribution in [3.63, 3.8) is 0 Å². The van der Waals surface area contributed by atoms with Gasteiger partial charge in [-0.15, -0.1) is 0 Å². The van der Waals surface area contributed by atoms with Gasteiger partial charge in [0.2, 0.25) is 0 Å². The smallest absolute Gasteiger partial charge is 0.409 e. The van der Waals surface area contributed by atoms with E-state index in [1.165, 1.54) is 0 Å². The Hall–Kier alpha value is -1.46. The van der Waals surface area contributed by atoms with Crippen LogP contribution in [-0.4, -0.2) is 61.3 Å². The third kappa shape index (κ3) is 5.75. The minimum atomic E-state index is -0.336. The van der Waals surface area contributed by atoms with E-state index in [-0.39, 0.29) is 18.7 Å². The fraction of sp³-hybridized carbons (Fsp3) is 0.833. The molecule has 0 aromatic carbocycles. The first kappa shape index (κ1) is 16.5. The van der Waals surface area contributed by atoms with Gasteiger partial charge in [-0.2, -0.15) is 0 Å². The lowest BCUT2D eigenvalue weighted by Crippen LogP contribution is -2.41. The predicted octanol–water partition coefficient (Wildman–Crippen LogP) is 1.52. The fourth-order valence-electron chi connectivity index (χ4n) is 1.49. The topological polar surface area (TPSA) is 61.9 Å². The quantitative estimate of drug-likeness (QED) is 0.705. The zero-order valence-corrected chi connectivity index (χ0v) is 11.9. The molecule has 0 spiro atoms. The molecule has 0 aliphatic rings. The third-order valence-corrected chi connectivity index (χ3v) is 2.68. The zero-order valence-electron chi connectivity index (χ0n) is 11.9. The number of ether oxygens (including phenoxy) is 1. The predicted molar refractivity (Wildman–Crippen MR) is 70.6 cm³/mol. The summed E-state index contributed by atoms with van der Waals surface area (Å²) in [4.78, 5) is 26.3. The molecule has 1 N–H and O–H groups in total. The summed E-state index contributed by atoms with van der Waals surface area (Å²) in [5.41, 5.74) is 0. The molecule has 6 nitrogen and oxygen atoms in total. The standard InChI is InChI=1S/C12H25N3O3/c1-5-14(6-2)11(16)13-9-10-18-12(17)15(7-3)8-4/h5-10H2,1-4H3,(H,13,16). The molecule has 0 saturated carbocycles. The zero-order chi connectivity index (χ0) is 14.0. The average molecular weight is 259 g/mol. The van der Waals surface area contributed by atoms with Gasteiger partial charge in [0.25, 0.3) is 0 Å². The van der Waals surface area contributed by atoms with Gasteiger partial charge in [-0.25, -0.2) is 9.59 Å². The number of amides is 3. The van der Waals surface area contributed by atoms with Crippen molar-refractivity contribution >= 4 is 12.1 Å². The van der Waals surface area contributed by atoms with Crippen LogP contribution in [0.3, 0.4) is 0 Å². The molecule has 0 aromatic rings. The van der Waals surface area contributed by atoms with E-state index in [2.05, 4.69) is 5.32 Å². The molecule has 3 amide bonds. The number of rotatable bonds is 7. The van der Waals surface area contributed by atoms with Crippen LogP contribution in [0.2, 0.25) is 0 Å². The molecule has 6 heteroatoms. The van der Waals surface area contributed by atoms with E-state index in [1.807, 2.05) is 27.7 Å². The summed E-state index contributed by atoms with van der Waals surface area (Å²) in [6.45, 7) is 10.8. The Morgan fingerprint density at radius 3 is 1.89 bits per heavy atom. The minimum Gasteiger partial charge on any atom is -0.448 e. The maximum atomic E-state index is 11.6. The lowest BCUT2D eigenvalue weighted by molar-refractivity contribution is 0.106. The Balaban J connectivity index is 3.79. The molecule has 0 radical (unpaired) electrons. The number of hydrogen-bond acceptors (Lipinski definition) is 3. The van der Waals surface area contributed by atoms with E-state index in [1.54, 1.807) is 9.80 Å². The van der Waals surface area contributed by atoms with Gasteiger partial charge < -0.3 is 19.9 Å². The molecule has 0 heterocycles. The Morgan fingerprint density at radius 1 is 0.944 bits per heavy atom. The van der Waals surface area contributed by atoms with Crippen molar-refractivity contribution in [3.05, 3.63) is 0 Å². The summed E-state index contributed by atoms with van der Waals surface area (Å²) >= 11 is 0. The number of hydrogen-bond donors (Lipinski definition) is 1. The minimum absolute atomic E-state index is 0.126. The number of nitrogens with zero attached hydrogens (tertiary/aromatic N) is 2. The van der Waals surface area contributed by atoms with Crippen molar-refractivity contribution in [2.45, 2.75) is 27.7 Å². The highest BCUT2D eigenvalue weighted by atomic mass is 16.6. The van der Waals surface area contributed by atoms with Crippen molar-refractivity contribution in [1.29, 1.82) is 0 Å². The average Bonchev–Trinajstić information content (AvgIpc) is 2.37.